The topological polar surface area (TPSA) is 32.3 Å². The number of nitrogens with zero attached hydrogens (tertiary/aromatic N) is 4. The Hall–Kier alpha value is -2.10. The Morgan fingerprint density at radius 2 is 1.95 bits per heavy atom. The highest BCUT2D eigenvalue weighted by molar-refractivity contribution is 5.82. The van der Waals surface area contributed by atoms with Gasteiger partial charge in [-0.2, -0.15) is 0 Å². The van der Waals surface area contributed by atoms with E-state index in [1.165, 1.54) is 17.7 Å². The Morgan fingerprint density at radius 1 is 1.14 bits per heavy atom. The molecule has 0 saturated heterocycles. The van der Waals surface area contributed by atoms with Gasteiger partial charge < -0.3 is 9.80 Å². The van der Waals surface area contributed by atoms with E-state index in [0.29, 0.717) is 18.0 Å². The number of fused-ring (bicyclic) bond motifs is 5. The van der Waals surface area contributed by atoms with Crippen LogP contribution in [0.15, 0.2) is 36.8 Å². The monoisotopic (exact) mass is 280 g/mol. The Kier molecular flexibility index (Phi) is 2.67. The third kappa shape index (κ3) is 1.68. The lowest BCUT2D eigenvalue weighted by Gasteiger charge is -2.33. The molecule has 0 radical (unpaired) electrons. The van der Waals surface area contributed by atoms with E-state index in [-0.39, 0.29) is 0 Å². The number of hydrogen-bond acceptors (Lipinski definition) is 4. The van der Waals surface area contributed by atoms with Crippen LogP contribution in [0.2, 0.25) is 0 Å². The molecule has 3 atom stereocenters. The average Bonchev–Trinajstić information content (AvgIpc) is 2.74. The zero-order chi connectivity index (χ0) is 14.6. The van der Waals surface area contributed by atoms with Crippen molar-refractivity contribution in [2.75, 3.05) is 16.8 Å². The van der Waals surface area contributed by atoms with E-state index >= 15 is 0 Å². The first kappa shape index (κ1) is 12.6. The van der Waals surface area contributed by atoms with Crippen molar-refractivity contribution in [2.24, 2.45) is 5.92 Å². The molecular weight excluding hydrogens is 260 g/mol. The molecule has 1 aromatic heterocycles. The lowest BCUT2D eigenvalue weighted by molar-refractivity contribution is 0.414. The number of hydrogen-bond donors (Lipinski definition) is 0. The van der Waals surface area contributed by atoms with Crippen molar-refractivity contribution >= 4 is 17.2 Å². The second-order valence-electron chi connectivity index (χ2n) is 6.30. The molecule has 0 saturated carbocycles. The molecule has 4 nitrogen and oxygen atoms in total. The molecule has 2 aromatic rings. The summed E-state index contributed by atoms with van der Waals surface area (Å²) in [5.74, 6) is 2.17. The molecule has 0 amide bonds. The van der Waals surface area contributed by atoms with E-state index in [0.717, 1.165) is 11.5 Å². The van der Waals surface area contributed by atoms with E-state index in [4.69, 9.17) is 0 Å². The molecule has 0 aliphatic carbocycles. The molecule has 3 heterocycles. The third-order valence-electron chi connectivity index (χ3n) is 4.89. The first-order valence-electron chi connectivity index (χ1n) is 7.59. The summed E-state index contributed by atoms with van der Waals surface area (Å²) < 4.78 is 0. The summed E-state index contributed by atoms with van der Waals surface area (Å²) in [4.78, 5) is 13.5. The Bertz CT molecular complexity index is 684. The summed E-state index contributed by atoms with van der Waals surface area (Å²) in [6.45, 7) is 4.68. The van der Waals surface area contributed by atoms with Crippen molar-refractivity contribution in [2.45, 2.75) is 32.4 Å². The first-order chi connectivity index (χ1) is 10.2. The SMILES string of the molecule is CC1CC(C)C2N(C)c3ncncc3N2c2ccccc21. The minimum atomic E-state index is 0.322. The minimum absolute atomic E-state index is 0.322. The van der Waals surface area contributed by atoms with Crippen LogP contribution in [0.4, 0.5) is 17.2 Å². The fourth-order valence-electron chi connectivity index (χ4n) is 4.04. The molecular formula is C17H20N4. The molecule has 0 N–H and O–H groups in total. The van der Waals surface area contributed by atoms with Crippen molar-refractivity contribution in [1.82, 2.24) is 9.97 Å². The van der Waals surface area contributed by atoms with Gasteiger partial charge in [-0.25, -0.2) is 9.97 Å². The Balaban J connectivity index is 1.97. The van der Waals surface area contributed by atoms with E-state index in [1.807, 2.05) is 6.20 Å². The van der Waals surface area contributed by atoms with Crippen LogP contribution in [0.25, 0.3) is 0 Å². The van der Waals surface area contributed by atoms with Gasteiger partial charge in [0.1, 0.15) is 18.2 Å². The third-order valence-corrected chi connectivity index (χ3v) is 4.89. The average molecular weight is 280 g/mol. The van der Waals surface area contributed by atoms with E-state index in [9.17, 15) is 0 Å². The standard InChI is InChI=1S/C17H20N4/c1-11-8-12(2)17-20(3)16-15(9-18-10-19-16)21(17)14-7-5-4-6-13(11)14/h4-7,9-12,17H,8H2,1-3H3. The number of aromatic nitrogens is 2. The van der Waals surface area contributed by atoms with Crippen LogP contribution in [0.5, 0.6) is 0 Å². The number of rotatable bonds is 0. The van der Waals surface area contributed by atoms with Gasteiger partial charge in [0.25, 0.3) is 0 Å². The highest BCUT2D eigenvalue weighted by Gasteiger charge is 2.42. The highest BCUT2D eigenvalue weighted by Crippen LogP contribution is 2.49. The lowest BCUT2D eigenvalue weighted by atomic mass is 9.91. The van der Waals surface area contributed by atoms with Crippen molar-refractivity contribution < 1.29 is 0 Å². The van der Waals surface area contributed by atoms with E-state index in [1.54, 1.807) is 6.33 Å². The second-order valence-corrected chi connectivity index (χ2v) is 6.30. The molecule has 108 valence electrons. The van der Waals surface area contributed by atoms with Crippen LogP contribution < -0.4 is 9.80 Å². The van der Waals surface area contributed by atoms with Gasteiger partial charge in [0.15, 0.2) is 5.82 Å². The molecule has 21 heavy (non-hydrogen) atoms. The number of anilines is 3. The van der Waals surface area contributed by atoms with Crippen LogP contribution in [0, 0.1) is 5.92 Å². The summed E-state index contributed by atoms with van der Waals surface area (Å²) in [7, 11) is 2.14. The minimum Gasteiger partial charge on any atom is -0.337 e. The highest BCUT2D eigenvalue weighted by atomic mass is 15.4. The maximum atomic E-state index is 4.49. The van der Waals surface area contributed by atoms with Crippen LogP contribution >= 0.6 is 0 Å². The summed E-state index contributed by atoms with van der Waals surface area (Å²) in [6, 6.07) is 8.76. The Morgan fingerprint density at radius 3 is 2.81 bits per heavy atom. The van der Waals surface area contributed by atoms with Gasteiger partial charge in [0, 0.05) is 12.7 Å². The Labute approximate surface area is 125 Å². The summed E-state index contributed by atoms with van der Waals surface area (Å²) in [6.07, 6.45) is 5.09. The van der Waals surface area contributed by atoms with E-state index in [2.05, 4.69) is 64.9 Å². The molecule has 2 aliphatic heterocycles. The quantitative estimate of drug-likeness (QED) is 0.739. The van der Waals surface area contributed by atoms with Crippen LogP contribution in [0.3, 0.4) is 0 Å². The van der Waals surface area contributed by atoms with Gasteiger partial charge in [0.05, 0.1) is 6.20 Å². The van der Waals surface area contributed by atoms with Gasteiger partial charge in [-0.3, -0.25) is 0 Å². The second kappa shape index (κ2) is 4.45. The van der Waals surface area contributed by atoms with Gasteiger partial charge in [-0.15, -0.1) is 0 Å². The maximum Gasteiger partial charge on any atom is 0.157 e. The molecule has 3 unspecified atom stereocenters. The van der Waals surface area contributed by atoms with Gasteiger partial charge in [0.2, 0.25) is 0 Å². The number of benzene rings is 1. The first-order valence-corrected chi connectivity index (χ1v) is 7.59. The van der Waals surface area contributed by atoms with Gasteiger partial charge >= 0.3 is 0 Å². The zero-order valence-electron chi connectivity index (χ0n) is 12.7. The molecule has 0 fully saturated rings. The van der Waals surface area contributed by atoms with Gasteiger partial charge in [-0.1, -0.05) is 32.0 Å². The zero-order valence-corrected chi connectivity index (χ0v) is 12.7. The normalized spacial score (nSPS) is 26.9. The van der Waals surface area contributed by atoms with Crippen LogP contribution in [0.1, 0.15) is 31.7 Å². The van der Waals surface area contributed by atoms with E-state index < -0.39 is 0 Å². The summed E-state index contributed by atoms with van der Waals surface area (Å²) in [5.41, 5.74) is 3.86. The lowest BCUT2D eigenvalue weighted by Crippen LogP contribution is -2.43. The van der Waals surface area contributed by atoms with Gasteiger partial charge in [-0.05, 0) is 29.9 Å². The molecule has 0 bridgehead atoms. The van der Waals surface area contributed by atoms with Crippen LogP contribution in [-0.4, -0.2) is 23.2 Å². The molecule has 4 heteroatoms. The summed E-state index contributed by atoms with van der Waals surface area (Å²) in [5, 5.41) is 0. The van der Waals surface area contributed by atoms with Crippen LogP contribution in [-0.2, 0) is 0 Å². The fourth-order valence-corrected chi connectivity index (χ4v) is 4.04. The molecule has 1 aromatic carbocycles. The predicted molar refractivity (Wildman–Crippen MR) is 85.0 cm³/mol. The molecule has 2 aliphatic rings. The fraction of sp³-hybridized carbons (Fsp3) is 0.412. The molecule has 0 spiro atoms. The van der Waals surface area contributed by atoms with Crippen molar-refractivity contribution in [3.05, 3.63) is 42.4 Å². The van der Waals surface area contributed by atoms with Crippen molar-refractivity contribution in [3.63, 3.8) is 0 Å². The van der Waals surface area contributed by atoms with Crippen molar-refractivity contribution in [3.8, 4) is 0 Å². The molecule has 4 rings (SSSR count). The smallest absolute Gasteiger partial charge is 0.157 e. The number of para-hydroxylation sites is 1. The summed E-state index contributed by atoms with van der Waals surface area (Å²) >= 11 is 0. The van der Waals surface area contributed by atoms with Crippen molar-refractivity contribution in [1.29, 1.82) is 0 Å². The largest absolute Gasteiger partial charge is 0.337 e. The maximum absolute atomic E-state index is 4.49. The predicted octanol–water partition coefficient (Wildman–Crippen LogP) is 3.53.